The van der Waals surface area contributed by atoms with Crippen molar-refractivity contribution in [3.05, 3.63) is 58.8 Å². The van der Waals surface area contributed by atoms with E-state index < -0.39 is 6.10 Å². The highest BCUT2D eigenvalue weighted by Gasteiger charge is 2.08. The smallest absolute Gasteiger partial charge is 0.328 e. The molecule has 0 aliphatic heterocycles. The Morgan fingerprint density at radius 2 is 1.83 bits per heavy atom. The molecule has 1 heterocycles. The van der Waals surface area contributed by atoms with Crippen LogP contribution in [0.25, 0.3) is 0 Å². The molecule has 0 amide bonds. The van der Waals surface area contributed by atoms with Gasteiger partial charge in [-0.1, -0.05) is 30.3 Å². The summed E-state index contributed by atoms with van der Waals surface area (Å²) in [7, 11) is 0. The lowest BCUT2D eigenvalue weighted by atomic mass is 10.1. The van der Waals surface area contributed by atoms with E-state index in [1.54, 1.807) is 21.5 Å². The molecule has 1 atom stereocenters. The fraction of sp³-hybridized carbons (Fsp3) is 0.357. The molecule has 0 aliphatic carbocycles. The van der Waals surface area contributed by atoms with Gasteiger partial charge in [-0.25, -0.2) is 4.79 Å². The third-order valence-electron chi connectivity index (χ3n) is 3.09. The summed E-state index contributed by atoms with van der Waals surface area (Å²) in [4.78, 5) is 11.8. The van der Waals surface area contributed by atoms with Gasteiger partial charge >= 0.3 is 5.69 Å². The highest BCUT2D eigenvalue weighted by molar-refractivity contribution is 5.17. The van der Waals surface area contributed by atoms with Gasteiger partial charge in [-0.15, -0.1) is 0 Å². The predicted molar refractivity (Wildman–Crippen MR) is 70.4 cm³/mol. The third-order valence-corrected chi connectivity index (χ3v) is 3.09. The zero-order valence-corrected chi connectivity index (χ0v) is 10.5. The Hall–Kier alpha value is -1.81. The zero-order chi connectivity index (χ0) is 13.0. The molecule has 0 fully saturated rings. The molecular formula is C14H18N2O2. The van der Waals surface area contributed by atoms with Gasteiger partial charge in [0.15, 0.2) is 0 Å². The summed E-state index contributed by atoms with van der Waals surface area (Å²) in [6, 6.07) is 9.51. The first-order valence-corrected chi connectivity index (χ1v) is 6.21. The average molecular weight is 246 g/mol. The summed E-state index contributed by atoms with van der Waals surface area (Å²) in [5, 5.41) is 10.0. The number of aryl methyl sites for hydroxylation is 2. The molecule has 18 heavy (non-hydrogen) atoms. The molecule has 0 bridgehead atoms. The maximum Gasteiger partial charge on any atom is 0.328 e. The first-order chi connectivity index (χ1) is 8.72. The van der Waals surface area contributed by atoms with E-state index in [4.69, 9.17) is 0 Å². The summed E-state index contributed by atoms with van der Waals surface area (Å²) >= 11 is 0. The summed E-state index contributed by atoms with van der Waals surface area (Å²) in [6.45, 7) is 3.14. The quantitative estimate of drug-likeness (QED) is 0.874. The number of aliphatic hydroxyl groups is 1. The maximum absolute atomic E-state index is 11.8. The maximum atomic E-state index is 11.8. The van der Waals surface area contributed by atoms with E-state index in [9.17, 15) is 9.90 Å². The Bertz CT molecular complexity index is 542. The molecule has 0 saturated carbocycles. The molecule has 1 aromatic heterocycles. The van der Waals surface area contributed by atoms with Crippen LogP contribution >= 0.6 is 0 Å². The second-order valence-electron chi connectivity index (χ2n) is 4.28. The molecule has 2 rings (SSSR count). The predicted octanol–water partition coefficient (Wildman–Crippen LogP) is 1.79. The van der Waals surface area contributed by atoms with Crippen molar-refractivity contribution in [1.82, 2.24) is 9.13 Å². The lowest BCUT2D eigenvalue weighted by Crippen LogP contribution is -2.24. The molecule has 1 unspecified atom stereocenters. The molecule has 4 heteroatoms. The molecule has 0 saturated heterocycles. The van der Waals surface area contributed by atoms with Gasteiger partial charge in [0.25, 0.3) is 0 Å². The minimum Gasteiger partial charge on any atom is -0.388 e. The Labute approximate surface area is 106 Å². The van der Waals surface area contributed by atoms with Crippen LogP contribution in [0.15, 0.2) is 47.5 Å². The minimum absolute atomic E-state index is 0.0160. The van der Waals surface area contributed by atoms with Crippen LogP contribution in [0.3, 0.4) is 0 Å². The largest absolute Gasteiger partial charge is 0.388 e. The van der Waals surface area contributed by atoms with Crippen LogP contribution in [0, 0.1) is 0 Å². The summed E-state index contributed by atoms with van der Waals surface area (Å²) in [5.74, 6) is 0. The molecule has 0 radical (unpaired) electrons. The normalized spacial score (nSPS) is 12.6. The molecule has 0 spiro atoms. The number of aliphatic hydroxyl groups excluding tert-OH is 1. The molecule has 2 aromatic rings. The van der Waals surface area contributed by atoms with E-state index in [0.29, 0.717) is 19.5 Å². The van der Waals surface area contributed by atoms with E-state index in [1.807, 2.05) is 37.3 Å². The number of aromatic nitrogens is 2. The summed E-state index contributed by atoms with van der Waals surface area (Å²) < 4.78 is 3.28. The van der Waals surface area contributed by atoms with Crippen LogP contribution < -0.4 is 5.69 Å². The van der Waals surface area contributed by atoms with Gasteiger partial charge in [-0.3, -0.25) is 9.13 Å². The van der Waals surface area contributed by atoms with E-state index >= 15 is 0 Å². The first kappa shape index (κ1) is 12.6. The van der Waals surface area contributed by atoms with Gasteiger partial charge in [-0.2, -0.15) is 0 Å². The van der Waals surface area contributed by atoms with Crippen molar-refractivity contribution in [3.8, 4) is 0 Å². The van der Waals surface area contributed by atoms with Crippen molar-refractivity contribution in [3.63, 3.8) is 0 Å². The second kappa shape index (κ2) is 5.69. The molecule has 96 valence electrons. The van der Waals surface area contributed by atoms with Gasteiger partial charge in [0.2, 0.25) is 0 Å². The Kier molecular flexibility index (Phi) is 3.99. The zero-order valence-electron chi connectivity index (χ0n) is 10.5. The van der Waals surface area contributed by atoms with Crippen LogP contribution in [-0.4, -0.2) is 14.2 Å². The van der Waals surface area contributed by atoms with Gasteiger partial charge in [0.05, 0.1) is 6.10 Å². The Balaban J connectivity index is 1.99. The van der Waals surface area contributed by atoms with Gasteiger partial charge in [-0.05, 0) is 18.9 Å². The molecule has 0 aliphatic rings. The topological polar surface area (TPSA) is 47.2 Å². The lowest BCUT2D eigenvalue weighted by Gasteiger charge is -2.10. The number of benzene rings is 1. The summed E-state index contributed by atoms with van der Waals surface area (Å²) in [6.07, 6.45) is 3.56. The van der Waals surface area contributed by atoms with Crippen molar-refractivity contribution in [2.24, 2.45) is 0 Å². The monoisotopic (exact) mass is 246 g/mol. The fourth-order valence-electron chi connectivity index (χ4n) is 1.97. The van der Waals surface area contributed by atoms with Crippen LogP contribution in [0.2, 0.25) is 0 Å². The molecule has 1 N–H and O–H groups in total. The van der Waals surface area contributed by atoms with Crippen LogP contribution in [0.1, 0.15) is 25.0 Å². The van der Waals surface area contributed by atoms with Crippen LogP contribution in [-0.2, 0) is 13.1 Å². The standard InChI is InChI=1S/C14H18N2O2/c1-2-15-10-11-16(14(15)18)9-8-13(17)12-6-4-3-5-7-12/h3-7,10-11,13,17H,2,8-9H2,1H3. The molecule has 4 nitrogen and oxygen atoms in total. The van der Waals surface area contributed by atoms with Crippen LogP contribution in [0.4, 0.5) is 0 Å². The summed E-state index contributed by atoms with van der Waals surface area (Å²) in [5.41, 5.74) is 0.873. The highest BCUT2D eigenvalue weighted by Crippen LogP contribution is 2.16. The minimum atomic E-state index is -0.525. The molecule has 1 aromatic carbocycles. The van der Waals surface area contributed by atoms with Crippen molar-refractivity contribution in [1.29, 1.82) is 0 Å². The number of nitrogens with zero attached hydrogens (tertiary/aromatic N) is 2. The van der Waals surface area contributed by atoms with Gasteiger partial charge in [0.1, 0.15) is 0 Å². The van der Waals surface area contributed by atoms with Gasteiger partial charge < -0.3 is 5.11 Å². The number of hydrogen-bond donors (Lipinski definition) is 1. The Morgan fingerprint density at radius 1 is 1.17 bits per heavy atom. The first-order valence-electron chi connectivity index (χ1n) is 6.21. The van der Waals surface area contributed by atoms with E-state index in [1.165, 1.54) is 0 Å². The second-order valence-corrected chi connectivity index (χ2v) is 4.28. The SMILES string of the molecule is CCn1ccn(CCC(O)c2ccccc2)c1=O. The van der Waals surface area contributed by atoms with E-state index in [2.05, 4.69) is 0 Å². The third kappa shape index (κ3) is 2.71. The Morgan fingerprint density at radius 3 is 2.44 bits per heavy atom. The lowest BCUT2D eigenvalue weighted by molar-refractivity contribution is 0.160. The number of imidazole rings is 1. The van der Waals surface area contributed by atoms with Crippen LogP contribution in [0.5, 0.6) is 0 Å². The van der Waals surface area contributed by atoms with E-state index in [-0.39, 0.29) is 5.69 Å². The van der Waals surface area contributed by atoms with E-state index in [0.717, 1.165) is 5.56 Å². The number of hydrogen-bond acceptors (Lipinski definition) is 2. The molecular weight excluding hydrogens is 228 g/mol. The van der Waals surface area contributed by atoms with Crippen molar-refractivity contribution < 1.29 is 5.11 Å². The van der Waals surface area contributed by atoms with Gasteiger partial charge in [0, 0.05) is 25.5 Å². The highest BCUT2D eigenvalue weighted by atomic mass is 16.3. The number of rotatable bonds is 5. The van der Waals surface area contributed by atoms with Crippen molar-refractivity contribution >= 4 is 0 Å². The fourth-order valence-corrected chi connectivity index (χ4v) is 1.97. The van der Waals surface area contributed by atoms with Crippen molar-refractivity contribution in [2.75, 3.05) is 0 Å². The average Bonchev–Trinajstić information content (AvgIpc) is 2.77. The van der Waals surface area contributed by atoms with Crippen molar-refractivity contribution in [2.45, 2.75) is 32.5 Å².